The van der Waals surface area contributed by atoms with Crippen molar-refractivity contribution in [1.82, 2.24) is 0 Å². The van der Waals surface area contributed by atoms with Gasteiger partial charge in [-0.05, 0) is 123 Å². The maximum absolute atomic E-state index is 12.5. The topological polar surface area (TPSA) is 46.5 Å². The second kappa shape index (κ2) is 7.73. The summed E-state index contributed by atoms with van der Waals surface area (Å²) in [7, 11) is 0. The Labute approximate surface area is 215 Å². The Hall–Kier alpha value is -0.570. The molecule has 1 N–H and O–H groups in total. The van der Waals surface area contributed by atoms with Crippen LogP contribution in [0.4, 0.5) is 0 Å². The number of esters is 1. The van der Waals surface area contributed by atoms with E-state index in [0.717, 1.165) is 18.8 Å². The molecule has 0 aromatic carbocycles. The zero-order valence-electron chi connectivity index (χ0n) is 24.3. The first-order chi connectivity index (χ1) is 16.0. The highest BCUT2D eigenvalue weighted by molar-refractivity contribution is 5.66. The Kier molecular flexibility index (Phi) is 5.76. The first-order valence-corrected chi connectivity index (χ1v) is 14.9. The van der Waals surface area contributed by atoms with Crippen molar-refractivity contribution < 1.29 is 14.6 Å². The van der Waals surface area contributed by atoms with Gasteiger partial charge >= 0.3 is 5.97 Å². The summed E-state index contributed by atoms with van der Waals surface area (Å²) < 4.78 is 6.38. The summed E-state index contributed by atoms with van der Waals surface area (Å²) in [4.78, 5) is 12.5. The predicted octanol–water partition coefficient (Wildman–Crippen LogP) is 7.79. The minimum Gasteiger partial charge on any atom is -0.462 e. The van der Waals surface area contributed by atoms with Crippen LogP contribution in [0.1, 0.15) is 127 Å². The lowest BCUT2D eigenvalue weighted by molar-refractivity contribution is -0.279. The summed E-state index contributed by atoms with van der Waals surface area (Å²) in [6.45, 7) is 21.1. The van der Waals surface area contributed by atoms with Gasteiger partial charge in [0.05, 0.1) is 5.60 Å². The first-order valence-electron chi connectivity index (χ1n) is 14.9. The molecule has 10 atom stereocenters. The Morgan fingerprint density at radius 2 is 1.49 bits per heavy atom. The van der Waals surface area contributed by atoms with Crippen LogP contribution in [-0.2, 0) is 9.53 Å². The molecule has 0 bridgehead atoms. The molecule has 0 aromatic rings. The third-order valence-electron chi connectivity index (χ3n) is 14.0. The fourth-order valence-electron chi connectivity index (χ4n) is 12.5. The summed E-state index contributed by atoms with van der Waals surface area (Å²) in [6, 6.07) is 0. The zero-order chi connectivity index (χ0) is 25.8. The van der Waals surface area contributed by atoms with E-state index in [1.807, 2.05) is 13.8 Å². The second-order valence-corrected chi connectivity index (χ2v) is 16.1. The SMILES string of the molecule is CC(=O)O[C@H]1C[C@@H]2[C@@H](C(C)(C)O)CC[C@]2(C)[C@H]2CC[C@H]3[C@@]4(C)CCCC(C)(C)[C@@H]4CC[C@@]3(C)[C@]12C. The van der Waals surface area contributed by atoms with E-state index in [1.54, 1.807) is 6.92 Å². The summed E-state index contributed by atoms with van der Waals surface area (Å²) in [5, 5.41) is 11.1. The Bertz CT molecular complexity index is 871. The molecule has 3 heteroatoms. The Morgan fingerprint density at radius 1 is 0.829 bits per heavy atom. The molecule has 200 valence electrons. The Morgan fingerprint density at radius 3 is 2.11 bits per heavy atom. The monoisotopic (exact) mass is 486 g/mol. The van der Waals surface area contributed by atoms with E-state index < -0.39 is 5.60 Å². The van der Waals surface area contributed by atoms with Crippen molar-refractivity contribution in [2.24, 2.45) is 56.7 Å². The summed E-state index contributed by atoms with van der Waals surface area (Å²) >= 11 is 0. The van der Waals surface area contributed by atoms with Crippen molar-refractivity contribution >= 4 is 5.97 Å². The number of carbonyl (C=O) groups excluding carboxylic acids is 1. The third-order valence-corrected chi connectivity index (χ3v) is 14.0. The van der Waals surface area contributed by atoms with Crippen LogP contribution in [0.15, 0.2) is 0 Å². The summed E-state index contributed by atoms with van der Waals surface area (Å²) in [5.41, 5.74) is 0.500. The molecule has 0 aromatic heterocycles. The van der Waals surface area contributed by atoms with Crippen LogP contribution < -0.4 is 0 Å². The van der Waals surface area contributed by atoms with Gasteiger partial charge in [0.2, 0.25) is 0 Å². The summed E-state index contributed by atoms with van der Waals surface area (Å²) in [5.74, 6) is 2.62. The number of aliphatic hydroxyl groups is 1. The van der Waals surface area contributed by atoms with Gasteiger partial charge in [-0.25, -0.2) is 0 Å². The second-order valence-electron chi connectivity index (χ2n) is 16.1. The molecule has 0 saturated heterocycles. The lowest BCUT2D eigenvalue weighted by atomic mass is 9.31. The van der Waals surface area contributed by atoms with E-state index in [-0.39, 0.29) is 34.2 Å². The van der Waals surface area contributed by atoms with E-state index in [4.69, 9.17) is 4.74 Å². The van der Waals surface area contributed by atoms with Gasteiger partial charge in [0, 0.05) is 12.3 Å². The van der Waals surface area contributed by atoms with Gasteiger partial charge in [0.15, 0.2) is 0 Å². The average Bonchev–Trinajstić information content (AvgIpc) is 3.05. The van der Waals surface area contributed by atoms with Gasteiger partial charge in [-0.15, -0.1) is 0 Å². The number of rotatable bonds is 2. The van der Waals surface area contributed by atoms with Crippen LogP contribution in [0.3, 0.4) is 0 Å². The van der Waals surface area contributed by atoms with Gasteiger partial charge in [-0.1, -0.05) is 48.0 Å². The molecular weight excluding hydrogens is 432 g/mol. The van der Waals surface area contributed by atoms with Gasteiger partial charge < -0.3 is 9.84 Å². The van der Waals surface area contributed by atoms with Crippen LogP contribution in [0.25, 0.3) is 0 Å². The molecule has 0 amide bonds. The minimum absolute atomic E-state index is 0.0170. The number of carbonyl (C=O) groups is 1. The lowest BCUT2D eigenvalue weighted by Crippen LogP contribution is -2.70. The summed E-state index contributed by atoms with van der Waals surface area (Å²) in [6.07, 6.45) is 12.4. The largest absolute Gasteiger partial charge is 0.462 e. The molecule has 35 heavy (non-hydrogen) atoms. The molecule has 5 aliphatic carbocycles. The molecule has 5 aliphatic rings. The molecule has 0 aliphatic heterocycles. The van der Waals surface area contributed by atoms with Crippen molar-refractivity contribution in [3.63, 3.8) is 0 Å². The maximum atomic E-state index is 12.5. The maximum Gasteiger partial charge on any atom is 0.302 e. The van der Waals surface area contributed by atoms with E-state index in [0.29, 0.717) is 28.6 Å². The van der Waals surface area contributed by atoms with Gasteiger partial charge in [-0.3, -0.25) is 4.79 Å². The van der Waals surface area contributed by atoms with Crippen molar-refractivity contribution in [2.75, 3.05) is 0 Å². The van der Waals surface area contributed by atoms with Crippen LogP contribution in [0, 0.1) is 56.7 Å². The number of ether oxygens (including phenoxy) is 1. The highest BCUT2D eigenvalue weighted by Gasteiger charge is 2.73. The fraction of sp³-hybridized carbons (Fsp3) is 0.969. The molecular formula is C32H54O3. The van der Waals surface area contributed by atoms with E-state index >= 15 is 0 Å². The Balaban J connectivity index is 1.61. The molecule has 0 spiro atoms. The lowest BCUT2D eigenvalue weighted by Gasteiger charge is -2.74. The highest BCUT2D eigenvalue weighted by Crippen LogP contribution is 2.78. The van der Waals surface area contributed by atoms with Crippen LogP contribution in [0.2, 0.25) is 0 Å². The van der Waals surface area contributed by atoms with Crippen molar-refractivity contribution in [3.8, 4) is 0 Å². The van der Waals surface area contributed by atoms with Gasteiger partial charge in [0.25, 0.3) is 0 Å². The van der Waals surface area contributed by atoms with Crippen molar-refractivity contribution in [1.29, 1.82) is 0 Å². The van der Waals surface area contributed by atoms with Gasteiger partial charge in [-0.2, -0.15) is 0 Å². The predicted molar refractivity (Wildman–Crippen MR) is 142 cm³/mol. The average molecular weight is 487 g/mol. The molecule has 5 fully saturated rings. The quantitative estimate of drug-likeness (QED) is 0.405. The normalized spacial score (nSPS) is 53.1. The van der Waals surface area contributed by atoms with Crippen LogP contribution in [-0.4, -0.2) is 22.8 Å². The van der Waals surface area contributed by atoms with Crippen LogP contribution >= 0.6 is 0 Å². The van der Waals surface area contributed by atoms with Crippen LogP contribution in [0.5, 0.6) is 0 Å². The fourth-order valence-corrected chi connectivity index (χ4v) is 12.5. The number of fused-ring (bicyclic) bond motifs is 7. The van der Waals surface area contributed by atoms with Crippen molar-refractivity contribution in [3.05, 3.63) is 0 Å². The number of hydrogen-bond donors (Lipinski definition) is 1. The standard InChI is InChI=1S/C32H54O3/c1-20(33)35-26-19-22-21(28(4,5)34)13-17-29(22,6)25-12-11-24-30(7)16-10-15-27(2,3)23(30)14-18-31(24,8)32(25,26)9/h21-26,34H,10-19H2,1-9H3/t21-,22+,23-,24-,25+,26-,29-,30-,31+,32-/m0/s1. The molecule has 5 saturated carbocycles. The third kappa shape index (κ3) is 3.34. The molecule has 3 nitrogen and oxygen atoms in total. The zero-order valence-corrected chi connectivity index (χ0v) is 24.3. The smallest absolute Gasteiger partial charge is 0.302 e. The van der Waals surface area contributed by atoms with E-state index in [2.05, 4.69) is 41.5 Å². The number of hydrogen-bond acceptors (Lipinski definition) is 3. The molecule has 0 heterocycles. The molecule has 0 radical (unpaired) electrons. The highest BCUT2D eigenvalue weighted by atomic mass is 16.5. The van der Waals surface area contributed by atoms with Gasteiger partial charge in [0.1, 0.15) is 6.10 Å². The molecule has 0 unspecified atom stereocenters. The first kappa shape index (κ1) is 26.1. The minimum atomic E-state index is -0.683. The van der Waals surface area contributed by atoms with Crippen molar-refractivity contribution in [2.45, 2.75) is 138 Å². The van der Waals surface area contributed by atoms with E-state index in [1.165, 1.54) is 51.4 Å². The molecule has 5 rings (SSSR count). The van der Waals surface area contributed by atoms with E-state index in [9.17, 15) is 9.90 Å².